The van der Waals surface area contributed by atoms with E-state index in [-0.39, 0.29) is 11.3 Å². The zero-order valence-electron chi connectivity index (χ0n) is 12.1. The summed E-state index contributed by atoms with van der Waals surface area (Å²) in [7, 11) is 0. The van der Waals surface area contributed by atoms with Crippen molar-refractivity contribution in [2.24, 2.45) is 0 Å². The molecule has 0 radical (unpaired) electrons. The molecule has 0 aliphatic rings. The summed E-state index contributed by atoms with van der Waals surface area (Å²) < 4.78 is 1.20. The fraction of sp³-hybridized carbons (Fsp3) is 0.200. The highest BCUT2D eigenvalue weighted by atomic mass is 16.4. The lowest BCUT2D eigenvalue weighted by Gasteiger charge is -2.06. The Kier molecular flexibility index (Phi) is 4.36. The van der Waals surface area contributed by atoms with Crippen molar-refractivity contribution in [2.45, 2.75) is 19.9 Å². The highest BCUT2D eigenvalue weighted by molar-refractivity contribution is 6.04. The van der Waals surface area contributed by atoms with E-state index in [0.717, 1.165) is 0 Å². The van der Waals surface area contributed by atoms with Gasteiger partial charge in [0.05, 0.1) is 11.8 Å². The summed E-state index contributed by atoms with van der Waals surface area (Å²) in [6.45, 7) is 2.93. The summed E-state index contributed by atoms with van der Waals surface area (Å²) in [5.74, 6) is -1.49. The SMILES string of the molecule is CC(=O)c1ccc(NC(=O)c2cnn(C(C)C(=O)O)c2)cc1. The van der Waals surface area contributed by atoms with Gasteiger partial charge in [-0.25, -0.2) is 4.79 Å². The molecule has 114 valence electrons. The lowest BCUT2D eigenvalue weighted by molar-refractivity contribution is -0.140. The second kappa shape index (κ2) is 6.21. The summed E-state index contributed by atoms with van der Waals surface area (Å²) in [5, 5.41) is 15.4. The van der Waals surface area contributed by atoms with Crippen molar-refractivity contribution in [1.29, 1.82) is 0 Å². The number of Topliss-reactive ketones (excluding diaryl/α,β-unsaturated/α-hetero) is 1. The van der Waals surface area contributed by atoms with Crippen LogP contribution in [0.1, 0.15) is 40.6 Å². The summed E-state index contributed by atoms with van der Waals surface area (Å²) in [6.07, 6.45) is 2.68. The maximum atomic E-state index is 12.1. The van der Waals surface area contributed by atoms with E-state index < -0.39 is 17.9 Å². The first-order valence-corrected chi connectivity index (χ1v) is 6.58. The topological polar surface area (TPSA) is 101 Å². The van der Waals surface area contributed by atoms with Crippen LogP contribution in [0.2, 0.25) is 0 Å². The van der Waals surface area contributed by atoms with Gasteiger partial charge < -0.3 is 10.4 Å². The molecule has 22 heavy (non-hydrogen) atoms. The number of aliphatic carboxylic acids is 1. The number of benzene rings is 1. The Balaban J connectivity index is 2.09. The number of hydrogen-bond donors (Lipinski definition) is 2. The normalized spacial score (nSPS) is 11.7. The first-order valence-electron chi connectivity index (χ1n) is 6.58. The molecule has 2 rings (SSSR count). The molecule has 0 saturated heterocycles. The van der Waals surface area contributed by atoms with Crippen molar-refractivity contribution in [1.82, 2.24) is 9.78 Å². The van der Waals surface area contributed by atoms with Gasteiger partial charge in [0.1, 0.15) is 6.04 Å². The number of amides is 1. The number of rotatable bonds is 5. The van der Waals surface area contributed by atoms with Crippen LogP contribution in [-0.4, -0.2) is 32.5 Å². The first-order chi connectivity index (χ1) is 10.4. The Hall–Kier alpha value is -2.96. The standard InChI is InChI=1S/C15H15N3O4/c1-9(15(21)22)18-8-12(7-16-18)14(20)17-13-5-3-11(4-6-13)10(2)19/h3-9H,1-2H3,(H,17,20)(H,21,22). The van der Waals surface area contributed by atoms with Gasteiger partial charge in [0.25, 0.3) is 5.91 Å². The molecule has 1 amide bonds. The number of ketones is 1. The highest BCUT2D eigenvalue weighted by Crippen LogP contribution is 2.13. The van der Waals surface area contributed by atoms with Crippen LogP contribution in [0.5, 0.6) is 0 Å². The number of carbonyl (C=O) groups excluding carboxylic acids is 2. The van der Waals surface area contributed by atoms with Crippen molar-refractivity contribution in [2.75, 3.05) is 5.32 Å². The molecule has 1 aromatic heterocycles. The van der Waals surface area contributed by atoms with Gasteiger partial charge in [0.2, 0.25) is 0 Å². The van der Waals surface area contributed by atoms with Gasteiger partial charge in [0, 0.05) is 17.4 Å². The molecular weight excluding hydrogens is 286 g/mol. The van der Waals surface area contributed by atoms with E-state index in [9.17, 15) is 14.4 Å². The molecule has 1 heterocycles. The van der Waals surface area contributed by atoms with Crippen molar-refractivity contribution in [3.05, 3.63) is 47.8 Å². The van der Waals surface area contributed by atoms with Gasteiger partial charge in [-0.05, 0) is 38.1 Å². The number of carboxylic acid groups (broad SMARTS) is 1. The van der Waals surface area contributed by atoms with Gasteiger partial charge in [-0.2, -0.15) is 5.10 Å². The molecule has 2 aromatic rings. The highest BCUT2D eigenvalue weighted by Gasteiger charge is 2.16. The number of nitrogens with zero attached hydrogens (tertiary/aromatic N) is 2. The monoisotopic (exact) mass is 301 g/mol. The van der Waals surface area contributed by atoms with Crippen LogP contribution in [0.15, 0.2) is 36.7 Å². The molecule has 1 atom stereocenters. The van der Waals surface area contributed by atoms with Gasteiger partial charge in [-0.15, -0.1) is 0 Å². The van der Waals surface area contributed by atoms with Crippen molar-refractivity contribution >= 4 is 23.3 Å². The summed E-state index contributed by atoms with van der Waals surface area (Å²) in [5.41, 5.74) is 1.35. The predicted molar refractivity (Wildman–Crippen MR) is 79.0 cm³/mol. The fourth-order valence-corrected chi connectivity index (χ4v) is 1.77. The Morgan fingerprint density at radius 2 is 1.82 bits per heavy atom. The fourth-order valence-electron chi connectivity index (χ4n) is 1.77. The lowest BCUT2D eigenvalue weighted by atomic mass is 10.1. The second-order valence-electron chi connectivity index (χ2n) is 4.81. The lowest BCUT2D eigenvalue weighted by Crippen LogP contribution is -2.16. The Labute approximate surface area is 126 Å². The van der Waals surface area contributed by atoms with Crippen LogP contribution in [-0.2, 0) is 4.79 Å². The molecule has 1 unspecified atom stereocenters. The van der Waals surface area contributed by atoms with Gasteiger partial charge in [0.15, 0.2) is 5.78 Å². The Bertz CT molecular complexity index is 719. The van der Waals surface area contributed by atoms with E-state index >= 15 is 0 Å². The minimum atomic E-state index is -1.03. The van der Waals surface area contributed by atoms with E-state index in [1.54, 1.807) is 24.3 Å². The van der Waals surface area contributed by atoms with Crippen LogP contribution < -0.4 is 5.32 Å². The molecule has 1 aromatic carbocycles. The number of nitrogens with one attached hydrogen (secondary N) is 1. The molecule has 0 bridgehead atoms. The van der Waals surface area contributed by atoms with E-state index in [0.29, 0.717) is 11.3 Å². The number of hydrogen-bond acceptors (Lipinski definition) is 4. The maximum Gasteiger partial charge on any atom is 0.328 e. The third-order valence-electron chi connectivity index (χ3n) is 3.17. The van der Waals surface area contributed by atoms with E-state index in [1.807, 2.05) is 0 Å². The average molecular weight is 301 g/mol. The van der Waals surface area contributed by atoms with Gasteiger partial charge >= 0.3 is 5.97 Å². The zero-order valence-corrected chi connectivity index (χ0v) is 12.1. The average Bonchev–Trinajstić information content (AvgIpc) is 2.96. The quantitative estimate of drug-likeness (QED) is 0.822. The second-order valence-corrected chi connectivity index (χ2v) is 4.81. The van der Waals surface area contributed by atoms with Crippen LogP contribution in [0.3, 0.4) is 0 Å². The summed E-state index contributed by atoms with van der Waals surface area (Å²) in [6, 6.07) is 5.64. The van der Waals surface area contributed by atoms with Gasteiger partial charge in [-0.3, -0.25) is 14.3 Å². The van der Waals surface area contributed by atoms with E-state index in [2.05, 4.69) is 10.4 Å². The maximum absolute atomic E-state index is 12.1. The van der Waals surface area contributed by atoms with Crippen LogP contribution in [0, 0.1) is 0 Å². The molecule has 7 heteroatoms. The molecule has 0 aliphatic carbocycles. The molecule has 7 nitrogen and oxygen atoms in total. The third-order valence-corrected chi connectivity index (χ3v) is 3.17. The third kappa shape index (κ3) is 3.38. The first kappa shape index (κ1) is 15.4. The molecule has 0 spiro atoms. The number of aromatic nitrogens is 2. The van der Waals surface area contributed by atoms with Crippen molar-refractivity contribution < 1.29 is 19.5 Å². The molecular formula is C15H15N3O4. The Morgan fingerprint density at radius 3 is 2.36 bits per heavy atom. The number of carbonyl (C=O) groups is 3. The van der Waals surface area contributed by atoms with Crippen molar-refractivity contribution in [3.8, 4) is 0 Å². The van der Waals surface area contributed by atoms with Crippen LogP contribution >= 0.6 is 0 Å². The van der Waals surface area contributed by atoms with Gasteiger partial charge in [-0.1, -0.05) is 0 Å². The van der Waals surface area contributed by atoms with E-state index in [4.69, 9.17) is 5.11 Å². The van der Waals surface area contributed by atoms with Crippen LogP contribution in [0.4, 0.5) is 5.69 Å². The van der Waals surface area contributed by atoms with E-state index in [1.165, 1.54) is 30.9 Å². The number of carboxylic acids is 1. The predicted octanol–water partition coefficient (Wildman–Crippen LogP) is 1.98. The Morgan fingerprint density at radius 1 is 1.18 bits per heavy atom. The zero-order chi connectivity index (χ0) is 16.3. The molecule has 0 saturated carbocycles. The van der Waals surface area contributed by atoms with Crippen LogP contribution in [0.25, 0.3) is 0 Å². The minimum Gasteiger partial charge on any atom is -0.480 e. The molecule has 2 N–H and O–H groups in total. The molecule has 0 fully saturated rings. The number of anilines is 1. The van der Waals surface area contributed by atoms with Crippen molar-refractivity contribution in [3.63, 3.8) is 0 Å². The largest absolute Gasteiger partial charge is 0.480 e. The summed E-state index contributed by atoms with van der Waals surface area (Å²) >= 11 is 0. The minimum absolute atomic E-state index is 0.0539. The summed E-state index contributed by atoms with van der Waals surface area (Å²) in [4.78, 5) is 34.1. The molecule has 0 aliphatic heterocycles. The smallest absolute Gasteiger partial charge is 0.328 e.